The number of carbonyl (C=O) groups excluding carboxylic acids is 2. The number of hydrogen-bond acceptors (Lipinski definition) is 4. The lowest BCUT2D eigenvalue weighted by atomic mass is 10.2. The fourth-order valence-corrected chi connectivity index (χ4v) is 2.42. The van der Waals surface area contributed by atoms with Gasteiger partial charge in [0.1, 0.15) is 5.75 Å². The quantitative estimate of drug-likeness (QED) is 0.575. The summed E-state index contributed by atoms with van der Waals surface area (Å²) in [6.07, 6.45) is 1.72. The zero-order chi connectivity index (χ0) is 19.1. The van der Waals surface area contributed by atoms with Crippen molar-refractivity contribution in [2.24, 2.45) is 0 Å². The largest absolute Gasteiger partial charge is 0.495 e. The molecule has 0 aromatic heterocycles. The number of nitrogens with one attached hydrogen (secondary N) is 1. The summed E-state index contributed by atoms with van der Waals surface area (Å²) in [4.78, 5) is 24.1. The second-order valence-electron chi connectivity index (χ2n) is 5.27. The molecule has 0 saturated carbocycles. The third kappa shape index (κ3) is 5.51. The molecule has 0 aliphatic rings. The molecule has 2 aromatic rings. The lowest BCUT2D eigenvalue weighted by Gasteiger charge is -2.14. The summed E-state index contributed by atoms with van der Waals surface area (Å²) < 4.78 is 10.3. The van der Waals surface area contributed by atoms with Gasteiger partial charge in [0, 0.05) is 16.1 Å². The Morgan fingerprint density at radius 2 is 1.88 bits per heavy atom. The molecule has 0 aliphatic carbocycles. The summed E-state index contributed by atoms with van der Waals surface area (Å²) in [6, 6.07) is 11.9. The summed E-state index contributed by atoms with van der Waals surface area (Å²) in [5.74, 6) is -0.726. The summed E-state index contributed by atoms with van der Waals surface area (Å²) in [5, 5.41) is 3.57. The predicted molar refractivity (Wildman–Crippen MR) is 103 cm³/mol. The van der Waals surface area contributed by atoms with Crippen LogP contribution >= 0.6 is 23.2 Å². The molecule has 5 nitrogen and oxygen atoms in total. The maximum atomic E-state index is 12.2. The maximum Gasteiger partial charge on any atom is 0.331 e. The van der Waals surface area contributed by atoms with Gasteiger partial charge in [-0.05, 0) is 42.8 Å². The van der Waals surface area contributed by atoms with Crippen LogP contribution in [-0.4, -0.2) is 25.1 Å². The van der Waals surface area contributed by atoms with Crippen LogP contribution in [0.5, 0.6) is 5.75 Å². The highest BCUT2D eigenvalue weighted by Crippen LogP contribution is 2.27. The van der Waals surface area contributed by atoms with Gasteiger partial charge in [-0.2, -0.15) is 0 Å². The summed E-state index contributed by atoms with van der Waals surface area (Å²) in [5.41, 5.74) is 1.06. The topological polar surface area (TPSA) is 64.6 Å². The lowest BCUT2D eigenvalue weighted by molar-refractivity contribution is -0.148. The van der Waals surface area contributed by atoms with E-state index < -0.39 is 18.0 Å². The van der Waals surface area contributed by atoms with Crippen molar-refractivity contribution >= 4 is 46.8 Å². The summed E-state index contributed by atoms with van der Waals surface area (Å²) in [7, 11) is 1.47. The first-order chi connectivity index (χ1) is 12.4. The van der Waals surface area contributed by atoms with Crippen LogP contribution in [-0.2, 0) is 14.3 Å². The number of benzene rings is 2. The fourth-order valence-electron chi connectivity index (χ4n) is 2.05. The zero-order valence-corrected chi connectivity index (χ0v) is 15.7. The molecule has 0 radical (unpaired) electrons. The Bertz CT molecular complexity index is 836. The van der Waals surface area contributed by atoms with Gasteiger partial charge in [-0.1, -0.05) is 41.4 Å². The highest BCUT2D eigenvalue weighted by molar-refractivity contribution is 6.32. The van der Waals surface area contributed by atoms with Gasteiger partial charge in [-0.3, -0.25) is 4.79 Å². The molecular formula is C19H17Cl2NO4. The maximum absolute atomic E-state index is 12.2. The number of carbonyl (C=O) groups is 2. The molecule has 26 heavy (non-hydrogen) atoms. The van der Waals surface area contributed by atoms with Gasteiger partial charge < -0.3 is 14.8 Å². The normalized spacial score (nSPS) is 11.8. The number of rotatable bonds is 6. The van der Waals surface area contributed by atoms with Gasteiger partial charge in [-0.25, -0.2) is 4.79 Å². The zero-order valence-electron chi connectivity index (χ0n) is 14.2. The van der Waals surface area contributed by atoms with Gasteiger partial charge in [0.15, 0.2) is 6.10 Å². The fraction of sp³-hybridized carbons (Fsp3) is 0.158. The second kappa shape index (κ2) is 9.27. The Morgan fingerprint density at radius 1 is 1.15 bits per heavy atom. The first-order valence-corrected chi connectivity index (χ1v) is 8.44. The van der Waals surface area contributed by atoms with Crippen molar-refractivity contribution < 1.29 is 19.1 Å². The van der Waals surface area contributed by atoms with Crippen LogP contribution in [0.15, 0.2) is 48.5 Å². The monoisotopic (exact) mass is 393 g/mol. The predicted octanol–water partition coefficient (Wildman–Crippen LogP) is 4.59. The van der Waals surface area contributed by atoms with Crippen molar-refractivity contribution in [2.75, 3.05) is 12.4 Å². The van der Waals surface area contributed by atoms with Crippen molar-refractivity contribution in [1.82, 2.24) is 0 Å². The molecule has 0 fully saturated rings. The van der Waals surface area contributed by atoms with E-state index in [0.29, 0.717) is 27.0 Å². The van der Waals surface area contributed by atoms with Crippen LogP contribution in [0.3, 0.4) is 0 Å². The van der Waals surface area contributed by atoms with Gasteiger partial charge >= 0.3 is 5.97 Å². The number of anilines is 1. The van der Waals surface area contributed by atoms with Crippen LogP contribution in [0.1, 0.15) is 12.5 Å². The average Bonchev–Trinajstić information content (AvgIpc) is 2.61. The van der Waals surface area contributed by atoms with E-state index in [-0.39, 0.29) is 0 Å². The molecule has 1 atom stereocenters. The standard InChI is InChI=1S/C19H17Cl2NO4/c1-12(19(24)22-16-11-14(20)8-9-17(16)25-2)26-18(23)10-7-13-5-3-4-6-15(13)21/h3-12H,1-2H3,(H,22,24)/b10-7+/t12-/m1/s1. The number of hydrogen-bond donors (Lipinski definition) is 1. The number of esters is 1. The van der Waals surface area contributed by atoms with Crippen molar-refractivity contribution in [2.45, 2.75) is 13.0 Å². The SMILES string of the molecule is COc1ccc(Cl)cc1NC(=O)[C@@H](C)OC(=O)/C=C/c1ccccc1Cl. The molecule has 2 rings (SSSR count). The van der Waals surface area contributed by atoms with Crippen molar-refractivity contribution in [1.29, 1.82) is 0 Å². The van der Waals surface area contributed by atoms with E-state index in [9.17, 15) is 9.59 Å². The van der Waals surface area contributed by atoms with Crippen molar-refractivity contribution in [3.63, 3.8) is 0 Å². The summed E-state index contributed by atoms with van der Waals surface area (Å²) >= 11 is 11.9. The van der Waals surface area contributed by atoms with Crippen LogP contribution in [0.25, 0.3) is 6.08 Å². The minimum absolute atomic E-state index is 0.388. The molecule has 0 unspecified atom stereocenters. The summed E-state index contributed by atoms with van der Waals surface area (Å²) in [6.45, 7) is 1.47. The lowest BCUT2D eigenvalue weighted by Crippen LogP contribution is -2.29. The number of halogens is 2. The van der Waals surface area contributed by atoms with Gasteiger partial charge in [-0.15, -0.1) is 0 Å². The Labute approximate surface area is 161 Å². The van der Waals surface area contributed by atoms with Crippen LogP contribution in [0, 0.1) is 0 Å². The van der Waals surface area contributed by atoms with Gasteiger partial charge in [0.05, 0.1) is 12.8 Å². The van der Waals surface area contributed by atoms with Gasteiger partial charge in [0.2, 0.25) is 0 Å². The van der Waals surface area contributed by atoms with E-state index in [1.165, 1.54) is 26.2 Å². The molecule has 1 N–H and O–H groups in total. The molecule has 0 aliphatic heterocycles. The molecule has 2 aromatic carbocycles. The van der Waals surface area contributed by atoms with Crippen molar-refractivity contribution in [3.8, 4) is 5.75 Å². The molecule has 0 heterocycles. The molecule has 1 amide bonds. The third-order valence-corrected chi connectivity index (χ3v) is 3.97. The molecule has 7 heteroatoms. The van der Waals surface area contributed by atoms with Crippen LogP contribution < -0.4 is 10.1 Å². The van der Waals surface area contributed by atoms with Crippen LogP contribution in [0.4, 0.5) is 5.69 Å². The Kier molecular flexibility index (Phi) is 7.06. The molecule has 0 bridgehead atoms. The van der Waals surface area contributed by atoms with E-state index in [2.05, 4.69) is 5.32 Å². The van der Waals surface area contributed by atoms with E-state index in [1.54, 1.807) is 42.5 Å². The minimum atomic E-state index is -1.01. The van der Waals surface area contributed by atoms with E-state index in [1.807, 2.05) is 0 Å². The Hall–Kier alpha value is -2.50. The smallest absolute Gasteiger partial charge is 0.331 e. The molecular weight excluding hydrogens is 377 g/mol. The second-order valence-corrected chi connectivity index (χ2v) is 6.11. The highest BCUT2D eigenvalue weighted by Gasteiger charge is 2.18. The molecule has 136 valence electrons. The average molecular weight is 394 g/mol. The van der Waals surface area contributed by atoms with Crippen molar-refractivity contribution in [3.05, 3.63) is 64.1 Å². The van der Waals surface area contributed by atoms with Crippen LogP contribution in [0.2, 0.25) is 10.0 Å². The van der Waals surface area contributed by atoms with Gasteiger partial charge in [0.25, 0.3) is 5.91 Å². The van der Waals surface area contributed by atoms with E-state index in [4.69, 9.17) is 32.7 Å². The molecule has 0 spiro atoms. The third-order valence-electron chi connectivity index (χ3n) is 3.39. The minimum Gasteiger partial charge on any atom is -0.495 e. The highest BCUT2D eigenvalue weighted by atomic mass is 35.5. The van der Waals surface area contributed by atoms with E-state index >= 15 is 0 Å². The number of amides is 1. The first-order valence-electron chi connectivity index (χ1n) is 7.68. The molecule has 0 saturated heterocycles. The first kappa shape index (κ1) is 19.8. The Morgan fingerprint density at radius 3 is 2.58 bits per heavy atom. The number of methoxy groups -OCH3 is 1. The Balaban J connectivity index is 1.97. The van der Waals surface area contributed by atoms with E-state index in [0.717, 1.165) is 0 Å². The number of ether oxygens (including phenoxy) is 2.